The summed E-state index contributed by atoms with van der Waals surface area (Å²) >= 11 is 0. The van der Waals surface area contributed by atoms with Crippen molar-refractivity contribution < 1.29 is 48.6 Å². The number of nitrogens with two attached hydrogens (primary N) is 1. The molecule has 0 aliphatic carbocycles. The molecule has 0 aromatic heterocycles. The third-order valence-corrected chi connectivity index (χ3v) is 6.36. The summed E-state index contributed by atoms with van der Waals surface area (Å²) in [6.07, 6.45) is 1.03. The van der Waals surface area contributed by atoms with Gasteiger partial charge >= 0.3 is 11.9 Å². The maximum atomic E-state index is 12.6. The van der Waals surface area contributed by atoms with Crippen molar-refractivity contribution in [2.24, 2.45) is 5.73 Å². The molecule has 16 nitrogen and oxygen atoms in total. The second kappa shape index (κ2) is 20.8. The van der Waals surface area contributed by atoms with E-state index in [0.717, 1.165) is 5.56 Å². The minimum atomic E-state index is -1.35. The van der Waals surface area contributed by atoms with Crippen LogP contribution in [0.4, 0.5) is 0 Å². The maximum Gasteiger partial charge on any atom is 0.326 e. The Labute approximate surface area is 260 Å². The number of benzene rings is 1. The van der Waals surface area contributed by atoms with Crippen molar-refractivity contribution >= 4 is 47.4 Å². The van der Waals surface area contributed by atoms with Gasteiger partial charge in [-0.25, -0.2) is 4.79 Å². The lowest BCUT2D eigenvalue weighted by Crippen LogP contribution is -2.52. The van der Waals surface area contributed by atoms with Gasteiger partial charge in [-0.15, -0.1) is 0 Å². The van der Waals surface area contributed by atoms with Gasteiger partial charge in [0.05, 0.1) is 13.1 Å². The van der Waals surface area contributed by atoms with Crippen LogP contribution in [0, 0.1) is 6.92 Å². The summed E-state index contributed by atoms with van der Waals surface area (Å²) in [4.78, 5) is 94.7. The van der Waals surface area contributed by atoms with Crippen LogP contribution >= 0.6 is 0 Å². The second-order valence-corrected chi connectivity index (χ2v) is 10.3. The predicted molar refractivity (Wildman–Crippen MR) is 159 cm³/mol. The zero-order valence-electron chi connectivity index (χ0n) is 25.2. The minimum absolute atomic E-state index is 0.0422. The lowest BCUT2D eigenvalue weighted by molar-refractivity contribution is -0.142. The number of carboxylic acid groups (broad SMARTS) is 2. The van der Waals surface area contributed by atoms with Gasteiger partial charge in [0.25, 0.3) is 5.91 Å². The van der Waals surface area contributed by atoms with Crippen LogP contribution in [0.2, 0.25) is 0 Å². The third-order valence-electron chi connectivity index (χ3n) is 6.36. The fraction of sp³-hybridized carbons (Fsp3) is 0.517. The fourth-order valence-electron chi connectivity index (χ4n) is 3.99. The number of rotatable bonds is 22. The monoisotopic (exact) mass is 634 g/mol. The lowest BCUT2D eigenvalue weighted by atomic mass is 10.1. The molecule has 0 bridgehead atoms. The molecule has 6 amide bonds. The smallest absolute Gasteiger partial charge is 0.326 e. The summed E-state index contributed by atoms with van der Waals surface area (Å²) in [7, 11) is 0. The van der Waals surface area contributed by atoms with Gasteiger partial charge in [-0.05, 0) is 57.6 Å². The zero-order valence-corrected chi connectivity index (χ0v) is 25.2. The standard InChI is InChI=1S/C29H42N6O10/c1-18-7-6-8-19(15-18)27(42)31-14-5-4-9-21(29(44)45)35-25(39)17-33-28(43)20(12-13-26(40)41)34-24(38)16-32-23(37)11-3-2-10-22(30)36/h6-8,15,20-21H,2-5,9-14,16-17H2,1H3,(H2,30,36)(H,31,42)(H,32,37)(H,33,43)(H,34,38)(H,35,39)(H,40,41)(H,44,45)/t20-,21?/m1/s1. The Bertz CT molecular complexity index is 1220. The van der Waals surface area contributed by atoms with Gasteiger partial charge in [0.2, 0.25) is 29.5 Å². The van der Waals surface area contributed by atoms with E-state index in [1.165, 1.54) is 0 Å². The highest BCUT2D eigenvalue weighted by Crippen LogP contribution is 2.05. The van der Waals surface area contributed by atoms with Crippen LogP contribution in [-0.4, -0.2) is 89.3 Å². The number of carboxylic acids is 2. The van der Waals surface area contributed by atoms with Crippen molar-refractivity contribution in [1.82, 2.24) is 26.6 Å². The molecule has 0 spiro atoms. The Morgan fingerprint density at radius 3 is 2.00 bits per heavy atom. The van der Waals surface area contributed by atoms with E-state index in [1.54, 1.807) is 18.2 Å². The van der Waals surface area contributed by atoms with Crippen molar-refractivity contribution in [3.8, 4) is 0 Å². The van der Waals surface area contributed by atoms with E-state index < -0.39 is 73.1 Å². The van der Waals surface area contributed by atoms with Crippen molar-refractivity contribution in [3.05, 3.63) is 35.4 Å². The van der Waals surface area contributed by atoms with Crippen LogP contribution in [-0.2, 0) is 33.6 Å². The topological polar surface area (TPSA) is 263 Å². The van der Waals surface area contributed by atoms with E-state index in [4.69, 9.17) is 10.8 Å². The predicted octanol–water partition coefficient (Wildman–Crippen LogP) is -0.908. The molecule has 1 aromatic carbocycles. The molecule has 0 heterocycles. The van der Waals surface area contributed by atoms with E-state index >= 15 is 0 Å². The Balaban J connectivity index is 2.49. The fourth-order valence-corrected chi connectivity index (χ4v) is 3.99. The summed E-state index contributed by atoms with van der Waals surface area (Å²) < 4.78 is 0. The molecule has 0 aliphatic heterocycles. The first-order valence-corrected chi connectivity index (χ1v) is 14.5. The summed E-state index contributed by atoms with van der Waals surface area (Å²) in [6.45, 7) is 1.02. The van der Waals surface area contributed by atoms with E-state index in [0.29, 0.717) is 37.8 Å². The average Bonchev–Trinajstić information content (AvgIpc) is 2.97. The van der Waals surface area contributed by atoms with Crippen molar-refractivity contribution in [3.63, 3.8) is 0 Å². The Morgan fingerprint density at radius 1 is 0.733 bits per heavy atom. The van der Waals surface area contributed by atoms with Crippen molar-refractivity contribution in [1.29, 1.82) is 0 Å². The van der Waals surface area contributed by atoms with Gasteiger partial charge in [0.1, 0.15) is 12.1 Å². The van der Waals surface area contributed by atoms with Gasteiger partial charge in [-0.3, -0.25) is 33.6 Å². The van der Waals surface area contributed by atoms with Crippen LogP contribution in [0.3, 0.4) is 0 Å². The zero-order chi connectivity index (χ0) is 33.8. The van der Waals surface area contributed by atoms with Crippen LogP contribution in [0.25, 0.3) is 0 Å². The lowest BCUT2D eigenvalue weighted by Gasteiger charge is -2.19. The Morgan fingerprint density at radius 2 is 1.38 bits per heavy atom. The normalized spacial score (nSPS) is 11.8. The molecule has 16 heteroatoms. The van der Waals surface area contributed by atoms with Crippen LogP contribution in [0.5, 0.6) is 0 Å². The van der Waals surface area contributed by atoms with Crippen molar-refractivity contribution in [2.75, 3.05) is 19.6 Å². The van der Waals surface area contributed by atoms with Gasteiger partial charge in [-0.1, -0.05) is 17.7 Å². The van der Waals surface area contributed by atoms with Crippen LogP contribution in [0.1, 0.15) is 73.7 Å². The molecular weight excluding hydrogens is 592 g/mol. The summed E-state index contributed by atoms with van der Waals surface area (Å²) in [5.74, 6) is -6.23. The third kappa shape index (κ3) is 17.6. The van der Waals surface area contributed by atoms with Gasteiger partial charge in [0, 0.05) is 31.4 Å². The van der Waals surface area contributed by atoms with Gasteiger partial charge in [-0.2, -0.15) is 0 Å². The summed E-state index contributed by atoms with van der Waals surface area (Å²) in [5.41, 5.74) is 6.47. The molecule has 0 saturated heterocycles. The SMILES string of the molecule is Cc1cccc(C(=O)NCCCCC(NC(=O)CNC(=O)[C@@H](CCC(=O)O)NC(=O)CNC(=O)CCCCC(N)=O)C(=O)O)c1. The number of hydrogen-bond donors (Lipinski definition) is 8. The van der Waals surface area contributed by atoms with Crippen LogP contribution in [0.15, 0.2) is 24.3 Å². The average molecular weight is 635 g/mol. The Kier molecular flexibility index (Phi) is 17.6. The van der Waals surface area contributed by atoms with E-state index in [9.17, 15) is 43.5 Å². The maximum absolute atomic E-state index is 12.6. The van der Waals surface area contributed by atoms with Crippen molar-refractivity contribution in [2.45, 2.75) is 76.8 Å². The molecule has 9 N–H and O–H groups in total. The van der Waals surface area contributed by atoms with E-state index in [-0.39, 0.29) is 31.6 Å². The Hall–Kier alpha value is -5.02. The molecule has 248 valence electrons. The molecule has 2 atom stereocenters. The van der Waals surface area contributed by atoms with Gasteiger partial charge < -0.3 is 42.5 Å². The molecule has 1 unspecified atom stereocenters. The first kappa shape index (κ1) is 38.0. The number of hydrogen-bond acceptors (Lipinski definition) is 8. The highest BCUT2D eigenvalue weighted by atomic mass is 16.4. The quantitative estimate of drug-likeness (QED) is 0.0728. The first-order valence-electron chi connectivity index (χ1n) is 14.5. The number of amides is 6. The summed E-state index contributed by atoms with van der Waals surface area (Å²) in [5, 5.41) is 30.4. The second-order valence-electron chi connectivity index (χ2n) is 10.3. The molecule has 0 aliphatic rings. The number of carbonyl (C=O) groups excluding carboxylic acids is 6. The first-order chi connectivity index (χ1) is 21.3. The minimum Gasteiger partial charge on any atom is -0.481 e. The van der Waals surface area contributed by atoms with E-state index in [1.807, 2.05) is 13.0 Å². The molecule has 45 heavy (non-hydrogen) atoms. The molecule has 1 rings (SSSR count). The number of nitrogens with one attached hydrogen (secondary N) is 5. The number of aryl methyl sites for hydroxylation is 1. The molecule has 0 saturated carbocycles. The largest absolute Gasteiger partial charge is 0.481 e. The summed E-state index contributed by atoms with van der Waals surface area (Å²) in [6, 6.07) is 4.44. The van der Waals surface area contributed by atoms with Gasteiger partial charge in [0.15, 0.2) is 0 Å². The molecule has 1 aromatic rings. The molecular formula is C29H42N6O10. The van der Waals surface area contributed by atoms with E-state index in [2.05, 4.69) is 26.6 Å². The highest BCUT2D eigenvalue weighted by Gasteiger charge is 2.24. The number of primary amides is 1. The number of carbonyl (C=O) groups is 8. The molecule has 0 fully saturated rings. The number of aliphatic carboxylic acids is 2. The number of unbranched alkanes of at least 4 members (excludes halogenated alkanes) is 2. The molecule has 0 radical (unpaired) electrons. The van der Waals surface area contributed by atoms with Crippen LogP contribution < -0.4 is 32.3 Å². The highest BCUT2D eigenvalue weighted by molar-refractivity contribution is 5.94.